The number of rotatable bonds is 7. The molecule has 0 spiro atoms. The third kappa shape index (κ3) is 2.57. The molecule has 6 rings (SSSR count). The average molecular weight is 402 g/mol. The standard InChI is InChI=1S/C27H31NO2/c1-3-4-5-6-7-12-17-28-25(29)23-22-18-13-8-10-15-20(18)27(2,24(23)26(28)30)21-16-11-9-14-19(21)22/h8-11,13-16,22-24H,3-7,12,17H2,1-2H3. The van der Waals surface area contributed by atoms with E-state index in [2.05, 4.69) is 62.4 Å². The quantitative estimate of drug-likeness (QED) is 0.459. The van der Waals surface area contributed by atoms with Gasteiger partial charge in [-0.3, -0.25) is 14.5 Å². The van der Waals surface area contributed by atoms with Gasteiger partial charge in [-0.1, -0.05) is 94.5 Å². The van der Waals surface area contributed by atoms with Crippen molar-refractivity contribution in [2.24, 2.45) is 11.8 Å². The van der Waals surface area contributed by atoms with E-state index < -0.39 is 5.41 Å². The zero-order valence-corrected chi connectivity index (χ0v) is 18.1. The summed E-state index contributed by atoms with van der Waals surface area (Å²) in [6.45, 7) is 4.98. The second-order valence-electron chi connectivity index (χ2n) is 9.45. The van der Waals surface area contributed by atoms with Crippen LogP contribution in [-0.4, -0.2) is 23.3 Å². The molecule has 1 fully saturated rings. The van der Waals surface area contributed by atoms with Crippen molar-refractivity contribution in [3.8, 4) is 0 Å². The summed E-state index contributed by atoms with van der Waals surface area (Å²) in [4.78, 5) is 28.8. The molecule has 2 amide bonds. The Kier molecular flexibility index (Phi) is 4.80. The summed E-state index contributed by atoms with van der Waals surface area (Å²) >= 11 is 0. The van der Waals surface area contributed by atoms with Gasteiger partial charge in [0.15, 0.2) is 0 Å². The van der Waals surface area contributed by atoms with Crippen molar-refractivity contribution in [1.29, 1.82) is 0 Å². The van der Waals surface area contributed by atoms with Crippen molar-refractivity contribution < 1.29 is 9.59 Å². The van der Waals surface area contributed by atoms with E-state index in [1.807, 2.05) is 0 Å². The SMILES string of the molecule is CCCCCCCCN1C(=O)C2C3c4ccccc4C(C)(c4ccccc43)C2C1=O. The third-order valence-corrected chi connectivity index (χ3v) is 7.87. The molecule has 2 aromatic carbocycles. The second kappa shape index (κ2) is 7.37. The number of benzene rings is 2. The van der Waals surface area contributed by atoms with Crippen LogP contribution in [0.5, 0.6) is 0 Å². The van der Waals surface area contributed by atoms with Gasteiger partial charge in [-0.25, -0.2) is 0 Å². The maximum Gasteiger partial charge on any atom is 0.234 e. The Bertz CT molecular complexity index is 946. The molecule has 0 radical (unpaired) electrons. The molecule has 4 aliphatic rings. The molecule has 1 saturated heterocycles. The lowest BCUT2D eigenvalue weighted by atomic mass is 9.48. The van der Waals surface area contributed by atoms with Crippen LogP contribution >= 0.6 is 0 Å². The lowest BCUT2D eigenvalue weighted by Gasteiger charge is -2.52. The molecule has 156 valence electrons. The molecular formula is C27H31NO2. The Hall–Kier alpha value is -2.42. The molecule has 2 bridgehead atoms. The molecule has 3 nitrogen and oxygen atoms in total. The van der Waals surface area contributed by atoms with E-state index in [1.165, 1.54) is 47.9 Å². The van der Waals surface area contributed by atoms with Gasteiger partial charge >= 0.3 is 0 Å². The van der Waals surface area contributed by atoms with Gasteiger partial charge in [0.25, 0.3) is 0 Å². The van der Waals surface area contributed by atoms with Crippen molar-refractivity contribution in [1.82, 2.24) is 4.90 Å². The molecule has 2 atom stereocenters. The third-order valence-electron chi connectivity index (χ3n) is 7.87. The van der Waals surface area contributed by atoms with Gasteiger partial charge in [-0.05, 0) is 28.7 Å². The van der Waals surface area contributed by atoms with Crippen LogP contribution < -0.4 is 0 Å². The minimum Gasteiger partial charge on any atom is -0.282 e. The summed E-state index contributed by atoms with van der Waals surface area (Å²) < 4.78 is 0. The number of imide groups is 1. The number of amides is 2. The topological polar surface area (TPSA) is 37.4 Å². The first-order valence-electron chi connectivity index (χ1n) is 11.6. The molecular weight excluding hydrogens is 370 g/mol. The number of nitrogens with zero attached hydrogens (tertiary/aromatic N) is 1. The summed E-state index contributed by atoms with van der Waals surface area (Å²) in [7, 11) is 0. The summed E-state index contributed by atoms with van der Waals surface area (Å²) in [5, 5.41) is 0. The zero-order valence-electron chi connectivity index (χ0n) is 18.1. The summed E-state index contributed by atoms with van der Waals surface area (Å²) in [6, 6.07) is 16.9. The molecule has 30 heavy (non-hydrogen) atoms. The molecule has 2 aromatic rings. The lowest BCUT2D eigenvalue weighted by molar-refractivity contribution is -0.140. The maximum absolute atomic E-state index is 13.6. The highest BCUT2D eigenvalue weighted by Gasteiger charge is 2.66. The zero-order chi connectivity index (χ0) is 20.9. The van der Waals surface area contributed by atoms with E-state index in [-0.39, 0.29) is 29.6 Å². The van der Waals surface area contributed by atoms with Gasteiger partial charge in [0, 0.05) is 17.9 Å². The Labute approximate surface area is 179 Å². The molecule has 0 N–H and O–H groups in total. The van der Waals surface area contributed by atoms with Crippen LogP contribution in [0.3, 0.4) is 0 Å². The fourth-order valence-corrected chi connectivity index (χ4v) is 6.48. The normalized spacial score (nSPS) is 28.5. The van der Waals surface area contributed by atoms with Crippen molar-refractivity contribution in [3.63, 3.8) is 0 Å². The van der Waals surface area contributed by atoms with Gasteiger partial charge in [-0.15, -0.1) is 0 Å². The molecule has 0 saturated carbocycles. The molecule has 0 aromatic heterocycles. The van der Waals surface area contributed by atoms with E-state index >= 15 is 0 Å². The first-order chi connectivity index (χ1) is 14.6. The first-order valence-corrected chi connectivity index (χ1v) is 11.6. The minimum atomic E-state index is -0.435. The fraction of sp³-hybridized carbons (Fsp3) is 0.481. The highest BCUT2D eigenvalue weighted by molar-refractivity contribution is 6.08. The van der Waals surface area contributed by atoms with Gasteiger partial charge in [-0.2, -0.15) is 0 Å². The second-order valence-corrected chi connectivity index (χ2v) is 9.45. The molecule has 1 heterocycles. The number of likely N-dealkylation sites (tertiary alicyclic amines) is 1. The molecule has 3 aliphatic carbocycles. The van der Waals surface area contributed by atoms with Crippen LogP contribution in [0.2, 0.25) is 0 Å². The van der Waals surface area contributed by atoms with Crippen molar-refractivity contribution in [2.75, 3.05) is 6.54 Å². The van der Waals surface area contributed by atoms with Crippen molar-refractivity contribution in [3.05, 3.63) is 70.8 Å². The van der Waals surface area contributed by atoms with Gasteiger partial charge < -0.3 is 0 Å². The Morgan fingerprint density at radius 1 is 0.800 bits per heavy atom. The van der Waals surface area contributed by atoms with Crippen LogP contribution in [0.25, 0.3) is 0 Å². The van der Waals surface area contributed by atoms with Crippen LogP contribution in [0, 0.1) is 11.8 Å². The van der Waals surface area contributed by atoms with Crippen molar-refractivity contribution in [2.45, 2.75) is 63.7 Å². The number of hydrogen-bond acceptors (Lipinski definition) is 2. The van der Waals surface area contributed by atoms with Gasteiger partial charge in [0.2, 0.25) is 11.8 Å². The summed E-state index contributed by atoms with van der Waals surface area (Å²) in [5.41, 5.74) is 4.51. The van der Waals surface area contributed by atoms with Crippen molar-refractivity contribution >= 4 is 11.8 Å². The van der Waals surface area contributed by atoms with Crippen LogP contribution in [0.4, 0.5) is 0 Å². The predicted octanol–water partition coefficient (Wildman–Crippen LogP) is 5.41. The van der Waals surface area contributed by atoms with Gasteiger partial charge in [0.05, 0.1) is 11.8 Å². The lowest BCUT2D eigenvalue weighted by Crippen LogP contribution is -2.51. The molecule has 2 unspecified atom stereocenters. The van der Waals surface area contributed by atoms with E-state index in [0.29, 0.717) is 6.54 Å². The number of carbonyl (C=O) groups excluding carboxylic acids is 2. The van der Waals surface area contributed by atoms with Crippen LogP contribution in [0.1, 0.15) is 80.5 Å². The fourth-order valence-electron chi connectivity index (χ4n) is 6.48. The van der Waals surface area contributed by atoms with Crippen LogP contribution in [-0.2, 0) is 15.0 Å². The Morgan fingerprint density at radius 3 is 2.00 bits per heavy atom. The number of carbonyl (C=O) groups is 2. The van der Waals surface area contributed by atoms with E-state index in [9.17, 15) is 9.59 Å². The average Bonchev–Trinajstić information content (AvgIpc) is 3.02. The first kappa shape index (κ1) is 19.5. The minimum absolute atomic E-state index is 0.00442. The Balaban J connectivity index is 1.49. The van der Waals surface area contributed by atoms with E-state index in [1.54, 1.807) is 4.90 Å². The van der Waals surface area contributed by atoms with Gasteiger partial charge in [0.1, 0.15) is 0 Å². The highest BCUT2D eigenvalue weighted by atomic mass is 16.2. The molecule has 3 heteroatoms. The molecule has 1 aliphatic heterocycles. The predicted molar refractivity (Wildman–Crippen MR) is 118 cm³/mol. The smallest absolute Gasteiger partial charge is 0.234 e. The van der Waals surface area contributed by atoms with E-state index in [0.717, 1.165) is 12.8 Å². The highest BCUT2D eigenvalue weighted by Crippen LogP contribution is 2.63. The maximum atomic E-state index is 13.6. The largest absolute Gasteiger partial charge is 0.282 e. The monoisotopic (exact) mass is 401 g/mol. The Morgan fingerprint density at radius 2 is 1.37 bits per heavy atom. The number of unbranched alkanes of at least 4 members (excludes halogenated alkanes) is 5. The summed E-state index contributed by atoms with van der Waals surface area (Å²) in [5.74, 6) is -0.434. The van der Waals surface area contributed by atoms with Crippen LogP contribution in [0.15, 0.2) is 48.5 Å². The number of hydrogen-bond donors (Lipinski definition) is 0. The summed E-state index contributed by atoms with van der Waals surface area (Å²) in [6.07, 6.45) is 6.94. The van der Waals surface area contributed by atoms with E-state index in [4.69, 9.17) is 0 Å².